The normalized spacial score (nSPS) is 19.5. The summed E-state index contributed by atoms with van der Waals surface area (Å²) in [5, 5.41) is 6.05. The molecule has 1 atom stereocenters. The highest BCUT2D eigenvalue weighted by Crippen LogP contribution is 2.32. The lowest BCUT2D eigenvalue weighted by atomic mass is 9.90. The van der Waals surface area contributed by atoms with E-state index in [9.17, 15) is 9.59 Å². The van der Waals surface area contributed by atoms with Crippen LogP contribution in [-0.2, 0) is 12.8 Å². The summed E-state index contributed by atoms with van der Waals surface area (Å²) < 4.78 is 0. The predicted molar refractivity (Wildman–Crippen MR) is 110 cm³/mol. The molecule has 0 saturated heterocycles. The van der Waals surface area contributed by atoms with Crippen LogP contribution in [-0.4, -0.2) is 17.9 Å². The van der Waals surface area contributed by atoms with E-state index in [2.05, 4.69) is 23.6 Å². The molecule has 0 bridgehead atoms. The molecule has 0 spiro atoms. The predicted octanol–water partition coefficient (Wildman–Crippen LogP) is 4.80. The molecule has 5 heteroatoms. The van der Waals surface area contributed by atoms with E-state index in [4.69, 9.17) is 0 Å². The van der Waals surface area contributed by atoms with E-state index in [-0.39, 0.29) is 11.8 Å². The fourth-order valence-electron chi connectivity index (χ4n) is 4.05. The van der Waals surface area contributed by atoms with E-state index in [1.807, 2.05) is 0 Å². The van der Waals surface area contributed by atoms with Gasteiger partial charge in [0.1, 0.15) is 0 Å². The van der Waals surface area contributed by atoms with Crippen molar-refractivity contribution < 1.29 is 9.59 Å². The van der Waals surface area contributed by atoms with Gasteiger partial charge in [-0.3, -0.25) is 9.59 Å². The van der Waals surface area contributed by atoms with Crippen molar-refractivity contribution in [1.82, 2.24) is 5.32 Å². The minimum atomic E-state index is -0.0646. The first kappa shape index (κ1) is 18.2. The van der Waals surface area contributed by atoms with E-state index in [0.29, 0.717) is 17.5 Å². The van der Waals surface area contributed by atoms with Gasteiger partial charge in [0.2, 0.25) is 0 Å². The molecule has 4 nitrogen and oxygen atoms in total. The zero-order valence-electron chi connectivity index (χ0n) is 15.7. The van der Waals surface area contributed by atoms with Crippen molar-refractivity contribution in [1.29, 1.82) is 0 Å². The Morgan fingerprint density at radius 3 is 2.52 bits per heavy atom. The smallest absolute Gasteiger partial charge is 0.265 e. The quantitative estimate of drug-likeness (QED) is 0.798. The molecule has 2 aliphatic carbocycles. The van der Waals surface area contributed by atoms with Crippen LogP contribution in [0.15, 0.2) is 30.3 Å². The number of carbonyl (C=O) groups excluding carboxylic acids is 2. The number of fused-ring (bicyclic) bond motifs is 1. The summed E-state index contributed by atoms with van der Waals surface area (Å²) in [4.78, 5) is 27.0. The summed E-state index contributed by atoms with van der Waals surface area (Å²) in [7, 11) is 0. The van der Waals surface area contributed by atoms with Crippen molar-refractivity contribution in [2.75, 3.05) is 5.32 Å². The van der Waals surface area contributed by atoms with Crippen LogP contribution in [0.4, 0.5) is 5.69 Å². The Hall–Kier alpha value is -2.14. The molecular weight excluding hydrogens is 356 g/mol. The lowest BCUT2D eigenvalue weighted by molar-refractivity contribution is 0.0937. The van der Waals surface area contributed by atoms with Gasteiger partial charge in [-0.15, -0.1) is 11.3 Å². The van der Waals surface area contributed by atoms with E-state index < -0.39 is 0 Å². The number of rotatable bonds is 4. The van der Waals surface area contributed by atoms with Gasteiger partial charge in [0.25, 0.3) is 11.8 Å². The third kappa shape index (κ3) is 4.24. The molecule has 0 radical (unpaired) electrons. The van der Waals surface area contributed by atoms with Gasteiger partial charge in [-0.2, -0.15) is 0 Å². The Morgan fingerprint density at radius 1 is 1.04 bits per heavy atom. The lowest BCUT2D eigenvalue weighted by Crippen LogP contribution is -2.32. The second-order valence-electron chi connectivity index (χ2n) is 7.89. The van der Waals surface area contributed by atoms with Crippen LogP contribution in [0.25, 0.3) is 0 Å². The van der Waals surface area contributed by atoms with Crippen LogP contribution in [0, 0.1) is 5.92 Å². The summed E-state index contributed by atoms with van der Waals surface area (Å²) in [6, 6.07) is 9.52. The molecule has 142 valence electrons. The van der Waals surface area contributed by atoms with Crippen molar-refractivity contribution in [2.24, 2.45) is 5.92 Å². The SMILES string of the molecule is CC1CCc2sc(C(=O)Nc3ccc(C(=O)NC4CCCC4)cc3)cc2C1. The lowest BCUT2D eigenvalue weighted by Gasteiger charge is -2.16. The molecule has 1 aromatic heterocycles. The van der Waals surface area contributed by atoms with Crippen molar-refractivity contribution in [3.63, 3.8) is 0 Å². The van der Waals surface area contributed by atoms with Gasteiger partial charge in [-0.25, -0.2) is 0 Å². The molecule has 4 rings (SSSR count). The van der Waals surface area contributed by atoms with Crippen LogP contribution in [0.2, 0.25) is 0 Å². The van der Waals surface area contributed by atoms with Gasteiger partial charge in [-0.05, 0) is 73.9 Å². The summed E-state index contributed by atoms with van der Waals surface area (Å²) in [5.41, 5.74) is 2.69. The molecule has 1 unspecified atom stereocenters. The number of hydrogen-bond acceptors (Lipinski definition) is 3. The fraction of sp³-hybridized carbons (Fsp3) is 0.455. The summed E-state index contributed by atoms with van der Waals surface area (Å²) in [6.07, 6.45) is 7.90. The Morgan fingerprint density at radius 2 is 1.78 bits per heavy atom. The van der Waals surface area contributed by atoms with E-state index in [1.54, 1.807) is 35.6 Å². The summed E-state index contributed by atoms with van der Waals surface area (Å²) in [5.74, 6) is 0.607. The maximum atomic E-state index is 12.6. The van der Waals surface area contributed by atoms with Gasteiger partial charge in [0.05, 0.1) is 4.88 Å². The Bertz CT molecular complexity index is 834. The minimum Gasteiger partial charge on any atom is -0.349 e. The van der Waals surface area contributed by atoms with Gasteiger partial charge in [0, 0.05) is 22.2 Å². The van der Waals surface area contributed by atoms with Crippen LogP contribution in [0.1, 0.15) is 69.5 Å². The highest BCUT2D eigenvalue weighted by molar-refractivity contribution is 7.14. The Balaban J connectivity index is 1.38. The highest BCUT2D eigenvalue weighted by atomic mass is 32.1. The Labute approximate surface area is 164 Å². The minimum absolute atomic E-state index is 0.0279. The third-order valence-corrected chi connectivity index (χ3v) is 6.88. The topological polar surface area (TPSA) is 58.2 Å². The number of thiophene rings is 1. The van der Waals surface area contributed by atoms with Crippen LogP contribution in [0.5, 0.6) is 0 Å². The first-order chi connectivity index (χ1) is 13.1. The average molecular weight is 383 g/mol. The summed E-state index contributed by atoms with van der Waals surface area (Å²) >= 11 is 1.61. The van der Waals surface area contributed by atoms with Crippen molar-refractivity contribution >= 4 is 28.8 Å². The van der Waals surface area contributed by atoms with Gasteiger partial charge in [0.15, 0.2) is 0 Å². The number of amides is 2. The first-order valence-corrected chi connectivity index (χ1v) is 10.7. The second-order valence-corrected chi connectivity index (χ2v) is 9.03. The van der Waals surface area contributed by atoms with Gasteiger partial charge in [-0.1, -0.05) is 19.8 Å². The number of aryl methyl sites for hydroxylation is 1. The monoisotopic (exact) mass is 382 g/mol. The molecule has 1 aromatic carbocycles. The molecule has 0 aliphatic heterocycles. The standard InChI is InChI=1S/C22H26N2O2S/c1-14-6-11-19-16(12-14)13-20(27-19)22(26)24-18-9-7-15(8-10-18)21(25)23-17-4-2-3-5-17/h7-10,13-14,17H,2-6,11-12H2,1H3,(H,23,25)(H,24,26). The van der Waals surface area contributed by atoms with Gasteiger partial charge >= 0.3 is 0 Å². The molecule has 2 N–H and O–H groups in total. The van der Waals surface area contributed by atoms with E-state index in [1.165, 1.54) is 29.7 Å². The molecule has 27 heavy (non-hydrogen) atoms. The average Bonchev–Trinajstić information content (AvgIpc) is 3.31. The number of anilines is 1. The van der Waals surface area contributed by atoms with Crippen molar-refractivity contribution in [3.8, 4) is 0 Å². The zero-order valence-corrected chi connectivity index (χ0v) is 16.5. The van der Waals surface area contributed by atoms with E-state index in [0.717, 1.165) is 36.2 Å². The zero-order chi connectivity index (χ0) is 18.8. The molecule has 1 heterocycles. The van der Waals surface area contributed by atoms with E-state index >= 15 is 0 Å². The van der Waals surface area contributed by atoms with Crippen molar-refractivity contribution in [2.45, 2.75) is 57.9 Å². The van der Waals surface area contributed by atoms with Crippen LogP contribution < -0.4 is 10.6 Å². The summed E-state index contributed by atoms with van der Waals surface area (Å²) in [6.45, 7) is 2.27. The Kier molecular flexibility index (Phi) is 5.30. The molecule has 2 amide bonds. The second kappa shape index (κ2) is 7.85. The number of hydrogen-bond donors (Lipinski definition) is 2. The van der Waals surface area contributed by atoms with Gasteiger partial charge < -0.3 is 10.6 Å². The first-order valence-electron chi connectivity index (χ1n) is 9.92. The highest BCUT2D eigenvalue weighted by Gasteiger charge is 2.21. The molecular formula is C22H26N2O2S. The maximum Gasteiger partial charge on any atom is 0.265 e. The number of nitrogens with one attached hydrogen (secondary N) is 2. The van der Waals surface area contributed by atoms with Crippen molar-refractivity contribution in [3.05, 3.63) is 51.2 Å². The number of carbonyl (C=O) groups is 2. The fourth-order valence-corrected chi connectivity index (χ4v) is 5.16. The third-order valence-electron chi connectivity index (χ3n) is 5.65. The molecule has 2 aromatic rings. The molecule has 2 aliphatic rings. The van der Waals surface area contributed by atoms with Crippen LogP contribution >= 0.6 is 11.3 Å². The maximum absolute atomic E-state index is 12.6. The largest absolute Gasteiger partial charge is 0.349 e. The molecule has 1 fully saturated rings. The molecule has 1 saturated carbocycles. The van der Waals surface area contributed by atoms with Crippen LogP contribution in [0.3, 0.4) is 0 Å². The number of benzene rings is 1.